The third-order valence-corrected chi connectivity index (χ3v) is 1.34. The first-order valence-corrected chi connectivity index (χ1v) is 3.51. The molecule has 5 nitrogen and oxygen atoms in total. The Balaban J connectivity index is 2.14. The summed E-state index contributed by atoms with van der Waals surface area (Å²) in [5.41, 5.74) is 0. The molecule has 0 atom stereocenters. The fourth-order valence-corrected chi connectivity index (χ4v) is 0.810. The number of hydrogen-bond acceptors (Lipinski definition) is 4. The lowest BCUT2D eigenvalue weighted by atomic mass is 10.4. The topological polar surface area (TPSA) is 54.2 Å². The molecule has 0 radical (unpaired) electrons. The maximum Gasteiger partial charge on any atom is 0.137 e. The monoisotopic (exact) mass is 156 g/mol. The minimum absolute atomic E-state index is 0.653. The summed E-state index contributed by atoms with van der Waals surface area (Å²) in [4.78, 5) is 3.80. The average Bonchev–Trinajstić information content (AvgIpc) is 2.39. The van der Waals surface area contributed by atoms with Crippen LogP contribution in [0.25, 0.3) is 0 Å². The van der Waals surface area contributed by atoms with Gasteiger partial charge >= 0.3 is 0 Å². The number of aromatic nitrogens is 3. The highest BCUT2D eigenvalue weighted by molar-refractivity contribution is 4.55. The molecule has 0 saturated carbocycles. The van der Waals surface area contributed by atoms with Crippen LogP contribution in [0.4, 0.5) is 0 Å². The number of aryl methyl sites for hydroxylation is 1. The quantitative estimate of drug-likeness (QED) is 0.623. The Morgan fingerprint density at radius 2 is 2.45 bits per heavy atom. The van der Waals surface area contributed by atoms with Gasteiger partial charge < -0.3 is 5.21 Å². The van der Waals surface area contributed by atoms with E-state index >= 15 is 0 Å². The van der Waals surface area contributed by atoms with E-state index in [0.717, 1.165) is 18.0 Å². The van der Waals surface area contributed by atoms with E-state index in [-0.39, 0.29) is 0 Å². The molecule has 0 spiro atoms. The first-order chi connectivity index (χ1) is 5.29. The van der Waals surface area contributed by atoms with E-state index in [4.69, 9.17) is 5.21 Å². The summed E-state index contributed by atoms with van der Waals surface area (Å²) in [6, 6.07) is 0. The van der Waals surface area contributed by atoms with Crippen molar-refractivity contribution in [3.8, 4) is 0 Å². The normalized spacial score (nSPS) is 10.8. The number of rotatable bonds is 4. The van der Waals surface area contributed by atoms with Gasteiger partial charge in [0.1, 0.15) is 12.7 Å². The molecule has 1 aromatic rings. The van der Waals surface area contributed by atoms with Gasteiger partial charge in [-0.1, -0.05) is 0 Å². The Labute approximate surface area is 65.2 Å². The van der Waals surface area contributed by atoms with E-state index in [0.29, 0.717) is 6.54 Å². The van der Waals surface area contributed by atoms with E-state index in [2.05, 4.69) is 10.1 Å². The van der Waals surface area contributed by atoms with E-state index < -0.39 is 0 Å². The van der Waals surface area contributed by atoms with Crippen molar-refractivity contribution in [3.63, 3.8) is 0 Å². The van der Waals surface area contributed by atoms with Crippen molar-refractivity contribution in [2.45, 2.75) is 13.0 Å². The van der Waals surface area contributed by atoms with Crippen molar-refractivity contribution in [3.05, 3.63) is 12.7 Å². The second-order valence-electron chi connectivity index (χ2n) is 2.39. The van der Waals surface area contributed by atoms with Gasteiger partial charge in [0.25, 0.3) is 0 Å². The van der Waals surface area contributed by atoms with Crippen molar-refractivity contribution in [2.24, 2.45) is 0 Å². The van der Waals surface area contributed by atoms with Crippen LogP contribution in [0, 0.1) is 0 Å². The molecule has 62 valence electrons. The summed E-state index contributed by atoms with van der Waals surface area (Å²) in [6.07, 6.45) is 4.04. The Kier molecular flexibility index (Phi) is 3.00. The van der Waals surface area contributed by atoms with E-state index in [9.17, 15) is 0 Å². The minimum atomic E-state index is 0.653. The van der Waals surface area contributed by atoms with Crippen molar-refractivity contribution in [1.82, 2.24) is 19.8 Å². The van der Waals surface area contributed by atoms with Gasteiger partial charge in [0.05, 0.1) is 0 Å². The lowest BCUT2D eigenvalue weighted by Gasteiger charge is -2.06. The molecule has 0 saturated heterocycles. The van der Waals surface area contributed by atoms with E-state index in [1.165, 1.54) is 6.33 Å². The summed E-state index contributed by atoms with van der Waals surface area (Å²) in [7, 11) is 1.63. The van der Waals surface area contributed by atoms with Crippen LogP contribution in [0.15, 0.2) is 12.7 Å². The Morgan fingerprint density at radius 3 is 3.00 bits per heavy atom. The fourth-order valence-electron chi connectivity index (χ4n) is 0.810. The van der Waals surface area contributed by atoms with Gasteiger partial charge in [-0.15, -0.1) is 0 Å². The van der Waals surface area contributed by atoms with Crippen LogP contribution in [-0.4, -0.2) is 38.6 Å². The molecule has 0 amide bonds. The largest absolute Gasteiger partial charge is 0.314 e. The maximum atomic E-state index is 8.77. The molecule has 1 heterocycles. The summed E-state index contributed by atoms with van der Waals surface area (Å²) >= 11 is 0. The van der Waals surface area contributed by atoms with Gasteiger partial charge in [0.2, 0.25) is 0 Å². The smallest absolute Gasteiger partial charge is 0.137 e. The molecule has 0 aliphatic heterocycles. The van der Waals surface area contributed by atoms with Gasteiger partial charge in [-0.25, -0.2) is 4.98 Å². The zero-order chi connectivity index (χ0) is 8.10. The predicted molar refractivity (Wildman–Crippen MR) is 39.1 cm³/mol. The SMILES string of the molecule is CN(O)CCCn1cncn1. The molecule has 1 aromatic heterocycles. The molecule has 0 bridgehead atoms. The summed E-state index contributed by atoms with van der Waals surface area (Å²) < 4.78 is 1.74. The first kappa shape index (κ1) is 8.16. The van der Waals surface area contributed by atoms with Crippen molar-refractivity contribution < 1.29 is 5.21 Å². The highest BCUT2D eigenvalue weighted by Gasteiger charge is 1.93. The highest BCUT2D eigenvalue weighted by atomic mass is 16.5. The van der Waals surface area contributed by atoms with Gasteiger partial charge in [-0.2, -0.15) is 10.2 Å². The fraction of sp³-hybridized carbons (Fsp3) is 0.667. The van der Waals surface area contributed by atoms with Crippen LogP contribution >= 0.6 is 0 Å². The molecular formula is C6H12N4O. The van der Waals surface area contributed by atoms with Gasteiger partial charge in [0.15, 0.2) is 0 Å². The average molecular weight is 156 g/mol. The van der Waals surface area contributed by atoms with Crippen molar-refractivity contribution in [1.29, 1.82) is 0 Å². The molecular weight excluding hydrogens is 144 g/mol. The molecule has 0 unspecified atom stereocenters. The zero-order valence-corrected chi connectivity index (χ0v) is 6.51. The first-order valence-electron chi connectivity index (χ1n) is 3.51. The molecule has 1 N–H and O–H groups in total. The molecule has 11 heavy (non-hydrogen) atoms. The third kappa shape index (κ3) is 3.10. The molecule has 0 aromatic carbocycles. The lowest BCUT2D eigenvalue weighted by molar-refractivity contribution is -0.0660. The van der Waals surface area contributed by atoms with Crippen LogP contribution in [0.1, 0.15) is 6.42 Å². The lowest BCUT2D eigenvalue weighted by Crippen LogP contribution is -2.15. The second-order valence-corrected chi connectivity index (χ2v) is 2.39. The highest BCUT2D eigenvalue weighted by Crippen LogP contribution is 1.87. The van der Waals surface area contributed by atoms with Crippen LogP contribution in [-0.2, 0) is 6.54 Å². The summed E-state index contributed by atoms with van der Waals surface area (Å²) in [5, 5.41) is 13.9. The Bertz CT molecular complexity index is 184. The maximum absolute atomic E-state index is 8.77. The van der Waals surface area contributed by atoms with Gasteiger partial charge in [0, 0.05) is 20.1 Å². The van der Waals surface area contributed by atoms with Crippen molar-refractivity contribution >= 4 is 0 Å². The van der Waals surface area contributed by atoms with Crippen LogP contribution in [0.5, 0.6) is 0 Å². The summed E-state index contributed by atoms with van der Waals surface area (Å²) in [6.45, 7) is 1.45. The number of hydroxylamine groups is 2. The Morgan fingerprint density at radius 1 is 1.64 bits per heavy atom. The zero-order valence-electron chi connectivity index (χ0n) is 6.51. The number of nitrogens with zero attached hydrogens (tertiary/aromatic N) is 4. The minimum Gasteiger partial charge on any atom is -0.314 e. The molecule has 1 rings (SSSR count). The van der Waals surface area contributed by atoms with E-state index in [1.807, 2.05) is 0 Å². The predicted octanol–water partition coefficient (Wildman–Crippen LogP) is -0.0108. The van der Waals surface area contributed by atoms with Crippen LogP contribution in [0.3, 0.4) is 0 Å². The Hall–Kier alpha value is -0.940. The van der Waals surface area contributed by atoms with E-state index in [1.54, 1.807) is 18.1 Å². The van der Waals surface area contributed by atoms with Crippen LogP contribution in [0.2, 0.25) is 0 Å². The number of hydrogen-bond donors (Lipinski definition) is 1. The summed E-state index contributed by atoms with van der Waals surface area (Å²) in [5.74, 6) is 0. The molecule has 0 fully saturated rings. The van der Waals surface area contributed by atoms with Crippen LogP contribution < -0.4 is 0 Å². The third-order valence-electron chi connectivity index (χ3n) is 1.34. The molecule has 0 aliphatic carbocycles. The van der Waals surface area contributed by atoms with Crippen molar-refractivity contribution in [2.75, 3.05) is 13.6 Å². The van der Waals surface area contributed by atoms with Gasteiger partial charge in [-0.05, 0) is 6.42 Å². The molecule has 0 aliphatic rings. The van der Waals surface area contributed by atoms with Gasteiger partial charge in [-0.3, -0.25) is 4.68 Å². The standard InChI is InChI=1S/C6H12N4O/c1-9(11)3-2-4-10-6-7-5-8-10/h5-6,11H,2-4H2,1H3. The second kappa shape index (κ2) is 4.05. The molecule has 5 heteroatoms.